The second kappa shape index (κ2) is 3.96. The standard InChI is InChI=1S/C11H15N3/c1-7-4-5-11(14-9(3)13)10(6-7)8(2)12/h4-6H,2,12H2,1,3H3,(H2,13,14). The van der Waals surface area contributed by atoms with Gasteiger partial charge in [-0.05, 0) is 26.0 Å². The summed E-state index contributed by atoms with van der Waals surface area (Å²) >= 11 is 0. The smallest absolute Gasteiger partial charge is 0.0965 e. The molecule has 0 heterocycles. The van der Waals surface area contributed by atoms with Crippen molar-refractivity contribution < 1.29 is 0 Å². The van der Waals surface area contributed by atoms with Crippen LogP contribution in [-0.2, 0) is 0 Å². The van der Waals surface area contributed by atoms with Crippen LogP contribution in [0.1, 0.15) is 18.1 Å². The van der Waals surface area contributed by atoms with E-state index in [2.05, 4.69) is 11.6 Å². The lowest BCUT2D eigenvalue weighted by Gasteiger charge is -2.06. The molecular weight excluding hydrogens is 174 g/mol. The van der Waals surface area contributed by atoms with Crippen LogP contribution in [0.3, 0.4) is 0 Å². The zero-order valence-corrected chi connectivity index (χ0v) is 8.54. The summed E-state index contributed by atoms with van der Waals surface area (Å²) in [5.74, 6) is 0.511. The Labute approximate surface area is 84.1 Å². The van der Waals surface area contributed by atoms with Crippen molar-refractivity contribution in [1.29, 1.82) is 0 Å². The molecule has 1 aromatic rings. The van der Waals surface area contributed by atoms with Gasteiger partial charge in [0.25, 0.3) is 0 Å². The molecule has 14 heavy (non-hydrogen) atoms. The van der Waals surface area contributed by atoms with Crippen LogP contribution >= 0.6 is 0 Å². The molecule has 0 unspecified atom stereocenters. The van der Waals surface area contributed by atoms with Gasteiger partial charge in [0, 0.05) is 11.3 Å². The fourth-order valence-electron chi connectivity index (χ4n) is 1.19. The van der Waals surface area contributed by atoms with E-state index in [1.807, 2.05) is 25.1 Å². The first-order valence-corrected chi connectivity index (χ1v) is 4.37. The molecule has 0 bridgehead atoms. The highest BCUT2D eigenvalue weighted by Gasteiger charge is 2.02. The van der Waals surface area contributed by atoms with Crippen molar-refractivity contribution >= 4 is 17.2 Å². The summed E-state index contributed by atoms with van der Waals surface area (Å²) in [6.45, 7) is 7.44. The molecule has 4 N–H and O–H groups in total. The number of amidine groups is 1. The van der Waals surface area contributed by atoms with E-state index in [4.69, 9.17) is 11.5 Å². The lowest BCUT2D eigenvalue weighted by atomic mass is 10.1. The van der Waals surface area contributed by atoms with Crippen LogP contribution in [0.25, 0.3) is 5.70 Å². The third-order valence-corrected chi connectivity index (χ3v) is 1.79. The maximum atomic E-state index is 5.65. The minimum absolute atomic E-state index is 0.508. The van der Waals surface area contributed by atoms with Gasteiger partial charge in [-0.25, -0.2) is 4.99 Å². The molecule has 3 heteroatoms. The van der Waals surface area contributed by atoms with Crippen molar-refractivity contribution in [3.05, 3.63) is 35.9 Å². The third-order valence-electron chi connectivity index (χ3n) is 1.79. The van der Waals surface area contributed by atoms with Crippen LogP contribution in [0.2, 0.25) is 0 Å². The topological polar surface area (TPSA) is 64.4 Å². The Morgan fingerprint density at radius 2 is 2.00 bits per heavy atom. The Kier molecular flexibility index (Phi) is 2.92. The average Bonchev–Trinajstić information content (AvgIpc) is 2.07. The van der Waals surface area contributed by atoms with Gasteiger partial charge in [0.05, 0.1) is 11.5 Å². The molecule has 0 spiro atoms. The summed E-state index contributed by atoms with van der Waals surface area (Å²) in [5.41, 5.74) is 14.4. The van der Waals surface area contributed by atoms with Gasteiger partial charge in [0.2, 0.25) is 0 Å². The molecule has 0 fully saturated rings. The molecule has 0 amide bonds. The fraction of sp³-hybridized carbons (Fsp3) is 0.182. The van der Waals surface area contributed by atoms with Crippen molar-refractivity contribution in [2.45, 2.75) is 13.8 Å². The molecule has 0 aliphatic heterocycles. The van der Waals surface area contributed by atoms with Crippen LogP contribution in [-0.4, -0.2) is 5.84 Å². The third kappa shape index (κ3) is 2.36. The highest BCUT2D eigenvalue weighted by Crippen LogP contribution is 2.24. The Morgan fingerprint density at radius 1 is 1.36 bits per heavy atom. The summed E-state index contributed by atoms with van der Waals surface area (Å²) in [6, 6.07) is 5.80. The molecule has 0 aromatic heterocycles. The number of hydrogen-bond donors (Lipinski definition) is 2. The van der Waals surface area contributed by atoms with E-state index in [1.54, 1.807) is 6.92 Å². The van der Waals surface area contributed by atoms with Gasteiger partial charge in [-0.3, -0.25) is 0 Å². The first-order chi connectivity index (χ1) is 6.50. The Balaban J connectivity index is 3.29. The van der Waals surface area contributed by atoms with Gasteiger partial charge < -0.3 is 11.5 Å². The second-order valence-corrected chi connectivity index (χ2v) is 3.30. The highest BCUT2D eigenvalue weighted by atomic mass is 14.8. The van der Waals surface area contributed by atoms with Crippen LogP contribution in [0.4, 0.5) is 5.69 Å². The summed E-state index contributed by atoms with van der Waals surface area (Å²) < 4.78 is 0. The van der Waals surface area contributed by atoms with Crippen molar-refractivity contribution in [2.75, 3.05) is 0 Å². The normalized spacial score (nSPS) is 11.4. The number of nitrogens with zero attached hydrogens (tertiary/aromatic N) is 1. The van der Waals surface area contributed by atoms with Crippen LogP contribution < -0.4 is 11.5 Å². The zero-order chi connectivity index (χ0) is 10.7. The fourth-order valence-corrected chi connectivity index (χ4v) is 1.19. The van der Waals surface area contributed by atoms with Crippen molar-refractivity contribution in [3.8, 4) is 0 Å². The quantitative estimate of drug-likeness (QED) is 0.551. The van der Waals surface area contributed by atoms with E-state index in [-0.39, 0.29) is 0 Å². The minimum Gasteiger partial charge on any atom is -0.399 e. The monoisotopic (exact) mass is 189 g/mol. The molecule has 1 aromatic carbocycles. The Hall–Kier alpha value is -1.77. The number of aliphatic imine (C=N–C) groups is 1. The first-order valence-electron chi connectivity index (χ1n) is 4.37. The maximum absolute atomic E-state index is 5.65. The summed E-state index contributed by atoms with van der Waals surface area (Å²) in [5, 5.41) is 0. The van der Waals surface area contributed by atoms with Gasteiger partial charge in [-0.2, -0.15) is 0 Å². The number of aryl methyl sites for hydroxylation is 1. The van der Waals surface area contributed by atoms with E-state index in [0.717, 1.165) is 16.8 Å². The summed E-state index contributed by atoms with van der Waals surface area (Å²) in [4.78, 5) is 4.18. The van der Waals surface area contributed by atoms with Crippen LogP contribution in [0, 0.1) is 6.92 Å². The Morgan fingerprint density at radius 3 is 2.50 bits per heavy atom. The van der Waals surface area contributed by atoms with Crippen LogP contribution in [0.15, 0.2) is 29.8 Å². The number of benzene rings is 1. The van der Waals surface area contributed by atoms with Crippen molar-refractivity contribution in [3.63, 3.8) is 0 Å². The molecule has 0 aliphatic rings. The molecule has 3 nitrogen and oxygen atoms in total. The molecule has 0 saturated heterocycles. The van der Waals surface area contributed by atoms with Gasteiger partial charge in [-0.15, -0.1) is 0 Å². The van der Waals surface area contributed by atoms with Crippen LogP contribution in [0.5, 0.6) is 0 Å². The lowest BCUT2D eigenvalue weighted by Crippen LogP contribution is -2.05. The predicted octanol–water partition coefficient (Wildman–Crippen LogP) is 1.93. The minimum atomic E-state index is 0.508. The van der Waals surface area contributed by atoms with Gasteiger partial charge in [0.15, 0.2) is 0 Å². The summed E-state index contributed by atoms with van der Waals surface area (Å²) in [7, 11) is 0. The molecule has 0 radical (unpaired) electrons. The second-order valence-electron chi connectivity index (χ2n) is 3.30. The van der Waals surface area contributed by atoms with E-state index < -0.39 is 0 Å². The molecule has 74 valence electrons. The zero-order valence-electron chi connectivity index (χ0n) is 8.54. The largest absolute Gasteiger partial charge is 0.399 e. The SMILES string of the molecule is C=C(N)c1cc(C)ccc1N=C(C)N. The number of hydrogen-bond acceptors (Lipinski definition) is 2. The van der Waals surface area contributed by atoms with E-state index in [1.165, 1.54) is 0 Å². The first kappa shape index (κ1) is 10.3. The van der Waals surface area contributed by atoms with E-state index in [0.29, 0.717) is 11.5 Å². The number of rotatable bonds is 2. The Bertz CT molecular complexity index is 388. The average molecular weight is 189 g/mol. The van der Waals surface area contributed by atoms with E-state index >= 15 is 0 Å². The van der Waals surface area contributed by atoms with Crippen molar-refractivity contribution in [2.24, 2.45) is 16.5 Å². The van der Waals surface area contributed by atoms with Crippen molar-refractivity contribution in [1.82, 2.24) is 0 Å². The molecule has 0 atom stereocenters. The molecule has 0 saturated carbocycles. The predicted molar refractivity (Wildman–Crippen MR) is 61.4 cm³/mol. The molecule has 1 rings (SSSR count). The van der Waals surface area contributed by atoms with Gasteiger partial charge in [0.1, 0.15) is 0 Å². The highest BCUT2D eigenvalue weighted by molar-refractivity contribution is 5.83. The molecular formula is C11H15N3. The summed E-state index contributed by atoms with van der Waals surface area (Å²) in [6.07, 6.45) is 0. The molecule has 0 aliphatic carbocycles. The maximum Gasteiger partial charge on any atom is 0.0965 e. The number of nitrogens with two attached hydrogens (primary N) is 2. The van der Waals surface area contributed by atoms with Gasteiger partial charge in [-0.1, -0.05) is 18.2 Å². The van der Waals surface area contributed by atoms with E-state index in [9.17, 15) is 0 Å². The van der Waals surface area contributed by atoms with Gasteiger partial charge >= 0.3 is 0 Å². The lowest BCUT2D eigenvalue weighted by molar-refractivity contribution is 1.37.